The SMILES string of the molecule is O=C(O)c1ccc(C(F)(F)F)nc1NC1CCS(=O)CC1. The molecule has 0 saturated carbocycles. The van der Waals surface area contributed by atoms with Crippen molar-refractivity contribution < 1.29 is 27.3 Å². The molecule has 2 N–H and O–H groups in total. The largest absolute Gasteiger partial charge is 0.478 e. The predicted molar refractivity (Wildman–Crippen MR) is 70.7 cm³/mol. The molecular weight excluding hydrogens is 309 g/mol. The first-order valence-electron chi connectivity index (χ1n) is 6.20. The Labute approximate surface area is 121 Å². The molecule has 0 aromatic carbocycles. The lowest BCUT2D eigenvalue weighted by Gasteiger charge is -2.24. The van der Waals surface area contributed by atoms with Crippen molar-refractivity contribution in [3.05, 3.63) is 23.4 Å². The monoisotopic (exact) mass is 322 g/mol. The van der Waals surface area contributed by atoms with Crippen molar-refractivity contribution >= 4 is 22.6 Å². The number of carbonyl (C=O) groups is 1. The maximum absolute atomic E-state index is 12.7. The van der Waals surface area contributed by atoms with E-state index in [0.29, 0.717) is 30.4 Å². The maximum Gasteiger partial charge on any atom is 0.433 e. The van der Waals surface area contributed by atoms with Crippen LogP contribution in [0.15, 0.2) is 12.1 Å². The van der Waals surface area contributed by atoms with Gasteiger partial charge in [0, 0.05) is 28.3 Å². The number of hydrogen-bond acceptors (Lipinski definition) is 4. The highest BCUT2D eigenvalue weighted by atomic mass is 32.2. The van der Waals surface area contributed by atoms with Gasteiger partial charge in [0.2, 0.25) is 0 Å². The minimum atomic E-state index is -4.64. The summed E-state index contributed by atoms with van der Waals surface area (Å²) in [7, 11) is -0.908. The average molecular weight is 322 g/mol. The molecule has 1 aromatic rings. The Hall–Kier alpha value is -1.64. The number of nitrogens with one attached hydrogen (secondary N) is 1. The molecule has 1 aliphatic rings. The van der Waals surface area contributed by atoms with Gasteiger partial charge in [0.25, 0.3) is 0 Å². The quantitative estimate of drug-likeness (QED) is 0.891. The van der Waals surface area contributed by atoms with Gasteiger partial charge in [0.05, 0.1) is 0 Å². The van der Waals surface area contributed by atoms with Crippen LogP contribution in [0.2, 0.25) is 0 Å². The summed E-state index contributed by atoms with van der Waals surface area (Å²) < 4.78 is 49.2. The number of aromatic nitrogens is 1. The number of aromatic carboxylic acids is 1. The van der Waals surface area contributed by atoms with E-state index in [1.807, 2.05) is 0 Å². The lowest BCUT2D eigenvalue weighted by atomic mass is 10.1. The Morgan fingerprint density at radius 3 is 2.48 bits per heavy atom. The van der Waals surface area contributed by atoms with Crippen molar-refractivity contribution in [1.29, 1.82) is 0 Å². The Morgan fingerprint density at radius 2 is 1.95 bits per heavy atom. The first-order valence-corrected chi connectivity index (χ1v) is 7.69. The van der Waals surface area contributed by atoms with Gasteiger partial charge in [-0.2, -0.15) is 13.2 Å². The summed E-state index contributed by atoms with van der Waals surface area (Å²) >= 11 is 0. The number of pyridine rings is 1. The van der Waals surface area contributed by atoms with Crippen LogP contribution in [0.5, 0.6) is 0 Å². The van der Waals surface area contributed by atoms with Crippen LogP contribution in [0.25, 0.3) is 0 Å². The second-order valence-corrected chi connectivity index (χ2v) is 6.36. The fourth-order valence-electron chi connectivity index (χ4n) is 2.03. The third-order valence-electron chi connectivity index (χ3n) is 3.14. The van der Waals surface area contributed by atoms with Crippen LogP contribution in [0.4, 0.5) is 19.0 Å². The van der Waals surface area contributed by atoms with Gasteiger partial charge in [-0.05, 0) is 25.0 Å². The molecule has 0 spiro atoms. The molecular formula is C12H13F3N2O3S. The Balaban J connectivity index is 2.26. The number of nitrogens with zero attached hydrogens (tertiary/aromatic N) is 1. The molecule has 0 bridgehead atoms. The van der Waals surface area contributed by atoms with Crippen LogP contribution in [0.3, 0.4) is 0 Å². The lowest BCUT2D eigenvalue weighted by Crippen LogP contribution is -2.30. The third kappa shape index (κ3) is 3.93. The van der Waals surface area contributed by atoms with Crippen molar-refractivity contribution in [1.82, 2.24) is 4.98 Å². The number of hydrogen-bond donors (Lipinski definition) is 2. The number of halogens is 3. The first kappa shape index (κ1) is 15.7. The van der Waals surface area contributed by atoms with Gasteiger partial charge in [0.15, 0.2) is 0 Å². The minimum absolute atomic E-state index is 0.225. The summed E-state index contributed by atoms with van der Waals surface area (Å²) in [4.78, 5) is 14.5. The highest BCUT2D eigenvalue weighted by Crippen LogP contribution is 2.30. The van der Waals surface area contributed by atoms with Crippen LogP contribution >= 0.6 is 0 Å². The zero-order valence-corrected chi connectivity index (χ0v) is 11.6. The van der Waals surface area contributed by atoms with E-state index < -0.39 is 28.6 Å². The van der Waals surface area contributed by atoms with Gasteiger partial charge >= 0.3 is 12.1 Å². The zero-order chi connectivity index (χ0) is 15.6. The smallest absolute Gasteiger partial charge is 0.433 e. The average Bonchev–Trinajstić information content (AvgIpc) is 2.40. The zero-order valence-electron chi connectivity index (χ0n) is 10.8. The van der Waals surface area contributed by atoms with Crippen LogP contribution in [-0.2, 0) is 17.0 Å². The number of rotatable bonds is 3. The van der Waals surface area contributed by atoms with E-state index in [1.54, 1.807) is 0 Å². The highest BCUT2D eigenvalue weighted by molar-refractivity contribution is 7.85. The van der Waals surface area contributed by atoms with Crippen molar-refractivity contribution in [2.24, 2.45) is 0 Å². The molecule has 2 rings (SSSR count). The number of carboxylic acid groups (broad SMARTS) is 1. The van der Waals surface area contributed by atoms with E-state index in [-0.39, 0.29) is 17.4 Å². The van der Waals surface area contributed by atoms with Crippen LogP contribution < -0.4 is 5.32 Å². The summed E-state index contributed by atoms with van der Waals surface area (Å²) in [5.74, 6) is -0.758. The Kier molecular flexibility index (Phi) is 4.50. The van der Waals surface area contributed by atoms with Gasteiger partial charge < -0.3 is 10.4 Å². The summed E-state index contributed by atoms with van der Waals surface area (Å²) in [6.45, 7) is 0. The molecule has 116 valence electrons. The standard InChI is InChI=1S/C12H13F3N2O3S/c13-12(14,15)9-2-1-8(11(18)19)10(17-9)16-7-3-5-21(20)6-4-7/h1-2,7H,3-6H2,(H,16,17)(H,18,19). The topological polar surface area (TPSA) is 79.3 Å². The predicted octanol–water partition coefficient (Wildman–Crippen LogP) is 2.12. The van der Waals surface area contributed by atoms with Crippen LogP contribution in [0, 0.1) is 0 Å². The van der Waals surface area contributed by atoms with E-state index in [1.165, 1.54) is 0 Å². The Morgan fingerprint density at radius 1 is 1.33 bits per heavy atom. The normalized spacial score (nSPS) is 22.8. The molecule has 0 radical (unpaired) electrons. The molecule has 1 fully saturated rings. The molecule has 0 amide bonds. The van der Waals surface area contributed by atoms with Crippen molar-refractivity contribution in [2.45, 2.75) is 25.1 Å². The van der Waals surface area contributed by atoms with Gasteiger partial charge in [-0.1, -0.05) is 0 Å². The van der Waals surface area contributed by atoms with E-state index in [4.69, 9.17) is 5.11 Å². The van der Waals surface area contributed by atoms with E-state index in [9.17, 15) is 22.2 Å². The number of carboxylic acids is 1. The minimum Gasteiger partial charge on any atom is -0.478 e. The van der Waals surface area contributed by atoms with Gasteiger partial charge in [-0.15, -0.1) is 0 Å². The summed E-state index contributed by atoms with van der Waals surface area (Å²) in [5, 5.41) is 11.8. The molecule has 9 heteroatoms. The Bertz CT molecular complexity index is 567. The molecule has 0 unspecified atom stereocenters. The number of alkyl halides is 3. The van der Waals surface area contributed by atoms with Crippen molar-refractivity contribution in [2.75, 3.05) is 16.8 Å². The first-order chi connectivity index (χ1) is 9.77. The second-order valence-electron chi connectivity index (χ2n) is 4.66. The van der Waals surface area contributed by atoms with E-state index in [2.05, 4.69) is 10.3 Å². The molecule has 1 saturated heterocycles. The van der Waals surface area contributed by atoms with Gasteiger partial charge in [-0.25, -0.2) is 9.78 Å². The van der Waals surface area contributed by atoms with Crippen molar-refractivity contribution in [3.8, 4) is 0 Å². The van der Waals surface area contributed by atoms with Gasteiger partial charge in [-0.3, -0.25) is 4.21 Å². The summed E-state index contributed by atoms with van der Waals surface area (Å²) in [6.07, 6.45) is -3.63. The molecule has 21 heavy (non-hydrogen) atoms. The fraction of sp³-hybridized carbons (Fsp3) is 0.500. The fourth-order valence-corrected chi connectivity index (χ4v) is 3.33. The molecule has 0 atom stereocenters. The van der Waals surface area contributed by atoms with E-state index >= 15 is 0 Å². The molecule has 5 nitrogen and oxygen atoms in total. The van der Waals surface area contributed by atoms with Crippen LogP contribution in [0.1, 0.15) is 28.9 Å². The highest BCUT2D eigenvalue weighted by Gasteiger charge is 2.34. The number of anilines is 1. The molecule has 1 aliphatic heterocycles. The second kappa shape index (κ2) is 6.00. The molecule has 1 aromatic heterocycles. The van der Waals surface area contributed by atoms with Crippen molar-refractivity contribution in [3.63, 3.8) is 0 Å². The van der Waals surface area contributed by atoms with Crippen LogP contribution in [-0.4, -0.2) is 37.8 Å². The lowest BCUT2D eigenvalue weighted by molar-refractivity contribution is -0.141. The molecule has 2 heterocycles. The molecule has 0 aliphatic carbocycles. The van der Waals surface area contributed by atoms with Gasteiger partial charge in [0.1, 0.15) is 17.1 Å². The summed E-state index contributed by atoms with van der Waals surface area (Å²) in [6, 6.07) is 1.31. The third-order valence-corrected chi connectivity index (χ3v) is 4.53. The van der Waals surface area contributed by atoms with E-state index in [0.717, 1.165) is 6.07 Å². The maximum atomic E-state index is 12.7. The summed E-state index contributed by atoms with van der Waals surface area (Å²) in [5.41, 5.74) is -1.45.